The molecule has 0 heterocycles. The normalized spacial score (nSPS) is 8.00. The van der Waals surface area contributed by atoms with Crippen molar-refractivity contribution in [2.24, 2.45) is 5.73 Å². The van der Waals surface area contributed by atoms with Crippen molar-refractivity contribution in [2.75, 3.05) is 19.8 Å². The van der Waals surface area contributed by atoms with Crippen molar-refractivity contribution >= 4 is 5.97 Å². The SMILES string of the molecule is CC(=O)OO.CCOCCN. The van der Waals surface area contributed by atoms with E-state index in [4.69, 9.17) is 15.7 Å². The number of carbonyl (C=O) groups excluding carboxylic acids is 1. The third kappa shape index (κ3) is 26.7. The van der Waals surface area contributed by atoms with E-state index >= 15 is 0 Å². The molecule has 0 saturated carbocycles. The Hall–Kier alpha value is -0.650. The summed E-state index contributed by atoms with van der Waals surface area (Å²) in [6.45, 7) is 5.16. The summed E-state index contributed by atoms with van der Waals surface area (Å²) < 4.78 is 4.86. The number of rotatable bonds is 3. The minimum atomic E-state index is -0.690. The molecular formula is C6H15NO4. The Morgan fingerprint density at radius 3 is 2.18 bits per heavy atom. The summed E-state index contributed by atoms with van der Waals surface area (Å²) in [4.78, 5) is 12.5. The van der Waals surface area contributed by atoms with Crippen molar-refractivity contribution in [3.8, 4) is 0 Å². The van der Waals surface area contributed by atoms with Crippen LogP contribution in [0.2, 0.25) is 0 Å². The fourth-order valence-electron chi connectivity index (χ4n) is 0.228. The van der Waals surface area contributed by atoms with Crippen molar-refractivity contribution in [1.82, 2.24) is 0 Å². The molecule has 0 radical (unpaired) electrons. The Labute approximate surface area is 66.0 Å². The smallest absolute Gasteiger partial charge is 0.339 e. The Bertz CT molecular complexity index is 82.7. The van der Waals surface area contributed by atoms with Gasteiger partial charge in [0, 0.05) is 20.1 Å². The van der Waals surface area contributed by atoms with Crippen molar-refractivity contribution in [3.63, 3.8) is 0 Å². The lowest BCUT2D eigenvalue weighted by Gasteiger charge is -1.91. The van der Waals surface area contributed by atoms with Gasteiger partial charge in [0.1, 0.15) is 0 Å². The number of nitrogens with two attached hydrogens (primary N) is 1. The van der Waals surface area contributed by atoms with Crippen molar-refractivity contribution in [1.29, 1.82) is 0 Å². The number of carbonyl (C=O) groups is 1. The molecule has 0 aromatic rings. The second-order valence-electron chi connectivity index (χ2n) is 1.57. The van der Waals surface area contributed by atoms with E-state index < -0.39 is 5.97 Å². The van der Waals surface area contributed by atoms with E-state index in [1.54, 1.807) is 0 Å². The molecular weight excluding hydrogens is 150 g/mol. The molecule has 3 N–H and O–H groups in total. The lowest BCUT2D eigenvalue weighted by Crippen LogP contribution is -2.07. The molecule has 68 valence electrons. The molecule has 5 heteroatoms. The van der Waals surface area contributed by atoms with Gasteiger partial charge in [-0.3, -0.25) is 0 Å². The molecule has 0 aliphatic carbocycles. The van der Waals surface area contributed by atoms with Gasteiger partial charge >= 0.3 is 5.97 Å². The molecule has 0 rings (SSSR count). The molecule has 0 amide bonds. The van der Waals surface area contributed by atoms with Gasteiger partial charge < -0.3 is 15.4 Å². The fraction of sp³-hybridized carbons (Fsp3) is 0.833. The van der Waals surface area contributed by atoms with Gasteiger partial charge in [-0.05, 0) is 6.92 Å². The van der Waals surface area contributed by atoms with Crippen molar-refractivity contribution in [2.45, 2.75) is 13.8 Å². The van der Waals surface area contributed by atoms with Gasteiger partial charge in [-0.25, -0.2) is 4.79 Å². The van der Waals surface area contributed by atoms with Gasteiger partial charge in [-0.1, -0.05) is 0 Å². The number of hydrogen-bond donors (Lipinski definition) is 2. The Balaban J connectivity index is 0. The lowest BCUT2D eigenvalue weighted by atomic mass is 10.7. The van der Waals surface area contributed by atoms with Crippen LogP contribution in [0.25, 0.3) is 0 Å². The number of ether oxygens (including phenoxy) is 1. The van der Waals surface area contributed by atoms with Gasteiger partial charge in [-0.2, -0.15) is 5.26 Å². The Morgan fingerprint density at radius 1 is 1.64 bits per heavy atom. The van der Waals surface area contributed by atoms with Crippen LogP contribution >= 0.6 is 0 Å². The topological polar surface area (TPSA) is 81.8 Å². The maximum Gasteiger partial charge on any atom is 0.339 e. The second-order valence-corrected chi connectivity index (χ2v) is 1.57. The van der Waals surface area contributed by atoms with Crippen LogP contribution in [-0.2, 0) is 14.4 Å². The average molecular weight is 165 g/mol. The van der Waals surface area contributed by atoms with E-state index in [1.165, 1.54) is 0 Å². The van der Waals surface area contributed by atoms with Crippen LogP contribution in [0.15, 0.2) is 0 Å². The molecule has 5 nitrogen and oxygen atoms in total. The minimum Gasteiger partial charge on any atom is -0.380 e. The maximum absolute atomic E-state index is 9.34. The quantitative estimate of drug-likeness (QED) is 0.349. The largest absolute Gasteiger partial charge is 0.380 e. The molecule has 0 aliphatic heterocycles. The predicted molar refractivity (Wildman–Crippen MR) is 39.9 cm³/mol. The van der Waals surface area contributed by atoms with Gasteiger partial charge in [0.25, 0.3) is 0 Å². The molecule has 0 aromatic carbocycles. The molecule has 0 fully saturated rings. The second kappa shape index (κ2) is 12.1. The summed E-state index contributed by atoms with van der Waals surface area (Å²) in [5.41, 5.74) is 5.09. The first kappa shape index (κ1) is 13.0. The summed E-state index contributed by atoms with van der Waals surface area (Å²) in [6, 6.07) is 0. The number of hydrogen-bond acceptors (Lipinski definition) is 5. The summed E-state index contributed by atoms with van der Waals surface area (Å²) in [7, 11) is 0. The van der Waals surface area contributed by atoms with Crippen LogP contribution in [0.1, 0.15) is 13.8 Å². The van der Waals surface area contributed by atoms with E-state index in [0.717, 1.165) is 13.5 Å². The lowest BCUT2D eigenvalue weighted by molar-refractivity contribution is -0.231. The van der Waals surface area contributed by atoms with E-state index in [-0.39, 0.29) is 0 Å². The highest BCUT2D eigenvalue weighted by atomic mass is 17.1. The first-order chi connectivity index (χ1) is 5.18. The average Bonchev–Trinajstić information content (AvgIpc) is 2.02. The predicted octanol–water partition coefficient (Wildman–Crippen LogP) is 0.00410. The van der Waals surface area contributed by atoms with E-state index in [2.05, 4.69) is 4.89 Å². The van der Waals surface area contributed by atoms with Crippen LogP contribution in [-0.4, -0.2) is 31.0 Å². The molecule has 0 atom stereocenters. The molecule has 11 heavy (non-hydrogen) atoms. The third-order valence-corrected chi connectivity index (χ3v) is 0.595. The van der Waals surface area contributed by atoms with Crippen LogP contribution < -0.4 is 5.73 Å². The molecule has 0 spiro atoms. The van der Waals surface area contributed by atoms with Gasteiger partial charge in [0.2, 0.25) is 0 Å². The van der Waals surface area contributed by atoms with Crippen LogP contribution in [0.5, 0.6) is 0 Å². The highest BCUT2D eigenvalue weighted by Crippen LogP contribution is 1.64. The zero-order valence-corrected chi connectivity index (χ0v) is 6.87. The van der Waals surface area contributed by atoms with E-state index in [1.807, 2.05) is 6.92 Å². The first-order valence-corrected chi connectivity index (χ1v) is 3.28. The van der Waals surface area contributed by atoms with Gasteiger partial charge in [0.15, 0.2) is 0 Å². The standard InChI is InChI=1S/C4H11NO.C2H4O3/c1-2-6-4-3-5;1-2(3)5-4/h2-5H2,1H3;4H,1H3. The van der Waals surface area contributed by atoms with Crippen LogP contribution in [0, 0.1) is 0 Å². The van der Waals surface area contributed by atoms with Gasteiger partial charge in [-0.15, -0.1) is 0 Å². The highest BCUT2D eigenvalue weighted by Gasteiger charge is 1.79. The van der Waals surface area contributed by atoms with Crippen molar-refractivity contribution in [3.05, 3.63) is 0 Å². The molecule has 0 unspecified atom stereocenters. The zero-order valence-electron chi connectivity index (χ0n) is 6.87. The zero-order chi connectivity index (χ0) is 9.11. The van der Waals surface area contributed by atoms with Gasteiger partial charge in [0.05, 0.1) is 6.61 Å². The fourth-order valence-corrected chi connectivity index (χ4v) is 0.228. The Morgan fingerprint density at radius 2 is 2.09 bits per heavy atom. The monoisotopic (exact) mass is 165 g/mol. The van der Waals surface area contributed by atoms with Crippen LogP contribution in [0.3, 0.4) is 0 Å². The van der Waals surface area contributed by atoms with Crippen LogP contribution in [0.4, 0.5) is 0 Å². The first-order valence-electron chi connectivity index (χ1n) is 3.28. The summed E-state index contributed by atoms with van der Waals surface area (Å²) in [6.07, 6.45) is 0. The third-order valence-electron chi connectivity index (χ3n) is 0.595. The summed E-state index contributed by atoms with van der Waals surface area (Å²) in [5, 5.41) is 7.29. The molecule has 0 aliphatic rings. The molecule has 0 saturated heterocycles. The summed E-state index contributed by atoms with van der Waals surface area (Å²) >= 11 is 0. The van der Waals surface area contributed by atoms with Crippen molar-refractivity contribution < 1.29 is 19.7 Å². The highest BCUT2D eigenvalue weighted by molar-refractivity contribution is 5.64. The molecule has 0 bridgehead atoms. The van der Waals surface area contributed by atoms with E-state index in [9.17, 15) is 4.79 Å². The Kier molecular flexibility index (Phi) is 14.2. The molecule has 0 aromatic heterocycles. The maximum atomic E-state index is 9.34. The minimum absolute atomic E-state index is 0.633. The van der Waals surface area contributed by atoms with E-state index in [0.29, 0.717) is 13.2 Å². The summed E-state index contributed by atoms with van der Waals surface area (Å²) in [5.74, 6) is -0.690.